The summed E-state index contributed by atoms with van der Waals surface area (Å²) in [6.45, 7) is 6.15. The minimum Gasteiger partial charge on any atom is -0.339 e. The van der Waals surface area contributed by atoms with Crippen LogP contribution in [0.5, 0.6) is 0 Å². The Bertz CT molecular complexity index is 717. The number of halogens is 2. The molecule has 108 valence electrons. The fourth-order valence-corrected chi connectivity index (χ4v) is 2.25. The minimum absolute atomic E-state index is 0.158. The zero-order valence-electron chi connectivity index (χ0n) is 11.9. The number of benzene rings is 1. The van der Waals surface area contributed by atoms with Crippen LogP contribution in [0.1, 0.15) is 32.2 Å². The van der Waals surface area contributed by atoms with Gasteiger partial charge in [-0.2, -0.15) is 5.26 Å². The summed E-state index contributed by atoms with van der Waals surface area (Å²) in [7, 11) is 0. The van der Waals surface area contributed by atoms with Gasteiger partial charge in [-0.1, -0.05) is 32.4 Å². The molecule has 1 aromatic carbocycles. The number of aromatic nitrogens is 2. The highest BCUT2D eigenvalue weighted by atomic mass is 79.9. The van der Waals surface area contributed by atoms with E-state index in [1.807, 2.05) is 20.8 Å². The number of anilines is 2. The summed E-state index contributed by atoms with van der Waals surface area (Å²) in [5, 5.41) is 12.5. The Balaban J connectivity index is 2.36. The molecule has 2 rings (SSSR count). The first-order valence-electron chi connectivity index (χ1n) is 6.31. The molecule has 0 unspecified atom stereocenters. The molecule has 0 aliphatic rings. The van der Waals surface area contributed by atoms with Gasteiger partial charge >= 0.3 is 0 Å². The fraction of sp³-hybridized carbons (Fsp3) is 0.267. The number of nitrogens with zero attached hydrogens (tertiary/aromatic N) is 3. The maximum absolute atomic E-state index is 8.85. The van der Waals surface area contributed by atoms with Gasteiger partial charge in [0.15, 0.2) is 0 Å². The van der Waals surface area contributed by atoms with Crippen molar-refractivity contribution in [1.82, 2.24) is 9.97 Å². The van der Waals surface area contributed by atoms with Gasteiger partial charge in [-0.3, -0.25) is 0 Å². The summed E-state index contributed by atoms with van der Waals surface area (Å²) in [6.07, 6.45) is 0. The molecule has 21 heavy (non-hydrogen) atoms. The molecule has 2 aromatic rings. The highest BCUT2D eigenvalue weighted by Crippen LogP contribution is 2.28. The van der Waals surface area contributed by atoms with Crippen molar-refractivity contribution in [2.75, 3.05) is 5.32 Å². The molecule has 0 aliphatic carbocycles. The molecule has 1 aromatic heterocycles. The van der Waals surface area contributed by atoms with Gasteiger partial charge in [0, 0.05) is 11.5 Å². The van der Waals surface area contributed by atoms with Crippen LogP contribution >= 0.6 is 27.5 Å². The fourth-order valence-electron chi connectivity index (χ4n) is 1.64. The van der Waals surface area contributed by atoms with Crippen LogP contribution < -0.4 is 5.32 Å². The first kappa shape index (κ1) is 15.7. The molecule has 0 bridgehead atoms. The maximum atomic E-state index is 8.85. The molecule has 0 saturated heterocycles. The van der Waals surface area contributed by atoms with E-state index >= 15 is 0 Å². The van der Waals surface area contributed by atoms with Crippen LogP contribution in [0.3, 0.4) is 0 Å². The van der Waals surface area contributed by atoms with Crippen LogP contribution in [0.4, 0.5) is 11.5 Å². The topological polar surface area (TPSA) is 61.6 Å². The lowest BCUT2D eigenvalue weighted by Crippen LogP contribution is -2.16. The lowest BCUT2D eigenvalue weighted by molar-refractivity contribution is 0.544. The summed E-state index contributed by atoms with van der Waals surface area (Å²) in [6, 6.07) is 8.91. The van der Waals surface area contributed by atoms with Gasteiger partial charge in [0.2, 0.25) is 0 Å². The average Bonchev–Trinajstić information content (AvgIpc) is 2.39. The van der Waals surface area contributed by atoms with Crippen molar-refractivity contribution in [2.45, 2.75) is 26.2 Å². The largest absolute Gasteiger partial charge is 0.339 e. The van der Waals surface area contributed by atoms with E-state index in [-0.39, 0.29) is 5.41 Å². The second kappa shape index (κ2) is 6.00. The summed E-state index contributed by atoms with van der Waals surface area (Å²) in [5.74, 6) is 1.37. The molecule has 0 spiro atoms. The van der Waals surface area contributed by atoms with Crippen molar-refractivity contribution >= 4 is 39.0 Å². The Labute approximate surface area is 137 Å². The quantitative estimate of drug-likeness (QED) is 0.776. The van der Waals surface area contributed by atoms with Crippen molar-refractivity contribution in [3.63, 3.8) is 0 Å². The normalized spacial score (nSPS) is 11.0. The molecule has 0 atom stereocenters. The third-order valence-electron chi connectivity index (χ3n) is 2.73. The maximum Gasteiger partial charge on any atom is 0.137 e. The number of rotatable bonds is 2. The lowest BCUT2D eigenvalue weighted by Gasteiger charge is -2.18. The minimum atomic E-state index is -0.158. The van der Waals surface area contributed by atoms with E-state index in [0.29, 0.717) is 26.7 Å². The van der Waals surface area contributed by atoms with Gasteiger partial charge in [-0.15, -0.1) is 0 Å². The van der Waals surface area contributed by atoms with E-state index < -0.39 is 0 Å². The number of hydrogen-bond acceptors (Lipinski definition) is 4. The molecule has 0 radical (unpaired) electrons. The van der Waals surface area contributed by atoms with Crippen LogP contribution in [0.25, 0.3) is 0 Å². The van der Waals surface area contributed by atoms with E-state index in [2.05, 4.69) is 37.3 Å². The molecule has 1 heterocycles. The highest BCUT2D eigenvalue weighted by molar-refractivity contribution is 9.10. The number of hydrogen-bond donors (Lipinski definition) is 1. The van der Waals surface area contributed by atoms with E-state index in [1.54, 1.807) is 24.3 Å². The number of nitrogens with one attached hydrogen (secondary N) is 1. The van der Waals surface area contributed by atoms with Gasteiger partial charge < -0.3 is 5.32 Å². The Kier molecular flexibility index (Phi) is 4.50. The van der Waals surface area contributed by atoms with Crippen molar-refractivity contribution < 1.29 is 0 Å². The van der Waals surface area contributed by atoms with Crippen LogP contribution in [-0.2, 0) is 5.41 Å². The van der Waals surface area contributed by atoms with E-state index in [4.69, 9.17) is 16.9 Å². The Morgan fingerprint density at radius 2 is 1.95 bits per heavy atom. The first-order valence-corrected chi connectivity index (χ1v) is 7.48. The SMILES string of the molecule is CC(C)(C)c1nc(Br)cc(Nc2ccc(C#N)cc2Cl)n1. The zero-order chi connectivity index (χ0) is 15.6. The third kappa shape index (κ3) is 3.93. The summed E-state index contributed by atoms with van der Waals surface area (Å²) in [5.41, 5.74) is 1.06. The Hall–Kier alpha value is -1.64. The molecule has 0 saturated carbocycles. The average molecular weight is 366 g/mol. The summed E-state index contributed by atoms with van der Waals surface area (Å²) < 4.78 is 0.703. The predicted octanol–water partition coefficient (Wildman–Crippen LogP) is 4.81. The van der Waals surface area contributed by atoms with Crippen LogP contribution in [0.15, 0.2) is 28.9 Å². The zero-order valence-corrected chi connectivity index (χ0v) is 14.2. The Morgan fingerprint density at radius 1 is 1.24 bits per heavy atom. The summed E-state index contributed by atoms with van der Waals surface area (Å²) in [4.78, 5) is 8.89. The molecule has 0 aliphatic heterocycles. The smallest absolute Gasteiger partial charge is 0.137 e. The third-order valence-corrected chi connectivity index (χ3v) is 3.45. The molecule has 1 N–H and O–H groups in total. The van der Waals surface area contributed by atoms with Crippen molar-refractivity contribution in [3.8, 4) is 6.07 Å². The molecular formula is C15H14BrClN4. The molecule has 6 heteroatoms. The first-order chi connectivity index (χ1) is 9.79. The van der Waals surface area contributed by atoms with Gasteiger partial charge in [0.25, 0.3) is 0 Å². The Morgan fingerprint density at radius 3 is 2.52 bits per heavy atom. The van der Waals surface area contributed by atoms with Gasteiger partial charge in [-0.05, 0) is 34.1 Å². The van der Waals surface area contributed by atoms with Crippen LogP contribution in [0, 0.1) is 11.3 Å². The van der Waals surface area contributed by atoms with Crippen molar-refractivity contribution in [1.29, 1.82) is 5.26 Å². The molecule has 0 fully saturated rings. The lowest BCUT2D eigenvalue weighted by atomic mass is 9.96. The van der Waals surface area contributed by atoms with E-state index in [1.165, 1.54) is 0 Å². The van der Waals surface area contributed by atoms with E-state index in [9.17, 15) is 0 Å². The highest BCUT2D eigenvalue weighted by Gasteiger charge is 2.19. The van der Waals surface area contributed by atoms with Gasteiger partial charge in [-0.25, -0.2) is 9.97 Å². The van der Waals surface area contributed by atoms with Gasteiger partial charge in [0.1, 0.15) is 16.2 Å². The van der Waals surface area contributed by atoms with Crippen LogP contribution in [0.2, 0.25) is 5.02 Å². The second-order valence-electron chi connectivity index (χ2n) is 5.58. The van der Waals surface area contributed by atoms with Crippen molar-refractivity contribution in [2.24, 2.45) is 0 Å². The molecule has 0 amide bonds. The second-order valence-corrected chi connectivity index (χ2v) is 6.80. The van der Waals surface area contributed by atoms with Crippen molar-refractivity contribution in [3.05, 3.63) is 45.3 Å². The number of nitriles is 1. The summed E-state index contributed by atoms with van der Waals surface area (Å²) >= 11 is 9.55. The standard InChI is InChI=1S/C15H14BrClN4/c1-15(2,3)14-20-12(16)7-13(21-14)19-11-5-4-9(8-18)6-10(11)17/h4-7H,1-3H3,(H,19,20,21). The molecule has 4 nitrogen and oxygen atoms in total. The molecular weight excluding hydrogens is 352 g/mol. The van der Waals surface area contributed by atoms with Crippen LogP contribution in [-0.4, -0.2) is 9.97 Å². The van der Waals surface area contributed by atoms with E-state index in [0.717, 1.165) is 5.82 Å². The monoisotopic (exact) mass is 364 g/mol. The van der Waals surface area contributed by atoms with Gasteiger partial charge in [0.05, 0.1) is 22.3 Å². The predicted molar refractivity (Wildman–Crippen MR) is 87.9 cm³/mol.